The number of alkyl halides is 1. The second-order valence-electron chi connectivity index (χ2n) is 4.23. The molecule has 0 saturated heterocycles. The molecule has 0 amide bonds. The Labute approximate surface area is 122 Å². The molecule has 0 spiro atoms. The third-order valence-electron chi connectivity index (χ3n) is 2.93. The average molecular weight is 314 g/mol. The molecule has 2 aromatic carbocycles. The number of hydrogen-bond acceptors (Lipinski definition) is 2. The molecule has 2 rings (SSSR count). The van der Waals surface area contributed by atoms with Crippen LogP contribution in [0.4, 0.5) is 10.1 Å². The summed E-state index contributed by atoms with van der Waals surface area (Å²) < 4.78 is 38.8. The van der Waals surface area contributed by atoms with Crippen LogP contribution in [0, 0.1) is 5.82 Å². The summed E-state index contributed by atoms with van der Waals surface area (Å²) >= 11 is 5.67. The number of hydrogen-bond donors (Lipinski definition) is 0. The summed E-state index contributed by atoms with van der Waals surface area (Å²) in [4.78, 5) is 0.165. The molecule has 0 unspecified atom stereocenters. The molecule has 0 aliphatic heterocycles. The van der Waals surface area contributed by atoms with Crippen LogP contribution in [0.5, 0.6) is 0 Å². The Kier molecular flexibility index (Phi) is 4.30. The van der Waals surface area contributed by atoms with Crippen molar-refractivity contribution in [2.24, 2.45) is 0 Å². The van der Waals surface area contributed by atoms with Crippen molar-refractivity contribution in [1.82, 2.24) is 0 Å². The Hall–Kier alpha value is -1.59. The molecule has 0 heterocycles. The second kappa shape index (κ2) is 5.81. The van der Waals surface area contributed by atoms with Crippen molar-refractivity contribution in [1.29, 1.82) is 0 Å². The normalized spacial score (nSPS) is 11.3. The van der Waals surface area contributed by atoms with Crippen molar-refractivity contribution in [2.75, 3.05) is 11.4 Å². The molecular weight excluding hydrogens is 301 g/mol. The predicted octanol–water partition coefficient (Wildman–Crippen LogP) is 3.39. The maximum atomic E-state index is 12.9. The Morgan fingerprint density at radius 3 is 2.10 bits per heavy atom. The van der Waals surface area contributed by atoms with Crippen LogP contribution < -0.4 is 4.31 Å². The van der Waals surface area contributed by atoms with Gasteiger partial charge in [-0.05, 0) is 42.0 Å². The fourth-order valence-electron chi connectivity index (χ4n) is 1.70. The molecule has 106 valence electrons. The summed E-state index contributed by atoms with van der Waals surface area (Å²) in [6.07, 6.45) is 0. The lowest BCUT2D eigenvalue weighted by Gasteiger charge is -2.19. The van der Waals surface area contributed by atoms with E-state index in [0.29, 0.717) is 11.6 Å². The van der Waals surface area contributed by atoms with Crippen LogP contribution in [-0.2, 0) is 15.9 Å². The molecule has 0 atom stereocenters. The molecule has 0 radical (unpaired) electrons. The first-order chi connectivity index (χ1) is 9.45. The van der Waals surface area contributed by atoms with Crippen molar-refractivity contribution in [2.45, 2.75) is 10.8 Å². The van der Waals surface area contributed by atoms with E-state index >= 15 is 0 Å². The summed E-state index contributed by atoms with van der Waals surface area (Å²) in [6, 6.07) is 11.6. The third kappa shape index (κ3) is 2.94. The minimum Gasteiger partial charge on any atom is -0.269 e. The first-order valence-corrected chi connectivity index (χ1v) is 7.82. The topological polar surface area (TPSA) is 37.4 Å². The molecule has 2 aromatic rings. The minimum atomic E-state index is -3.66. The molecule has 0 aliphatic carbocycles. The first kappa shape index (κ1) is 14.8. The van der Waals surface area contributed by atoms with Crippen LogP contribution in [0.15, 0.2) is 53.4 Å². The van der Waals surface area contributed by atoms with Crippen molar-refractivity contribution in [3.8, 4) is 0 Å². The van der Waals surface area contributed by atoms with Gasteiger partial charge in [0.2, 0.25) is 0 Å². The zero-order chi connectivity index (χ0) is 14.8. The maximum absolute atomic E-state index is 12.9. The molecule has 0 N–H and O–H groups in total. The van der Waals surface area contributed by atoms with Crippen LogP contribution >= 0.6 is 11.6 Å². The summed E-state index contributed by atoms with van der Waals surface area (Å²) in [6.45, 7) is 0. The summed E-state index contributed by atoms with van der Waals surface area (Å²) in [5.41, 5.74) is 1.24. The van der Waals surface area contributed by atoms with E-state index in [1.165, 1.54) is 43.4 Å². The minimum absolute atomic E-state index is 0.165. The van der Waals surface area contributed by atoms with E-state index in [-0.39, 0.29) is 4.90 Å². The Balaban J connectivity index is 2.35. The van der Waals surface area contributed by atoms with E-state index in [1.807, 2.05) is 0 Å². The fourth-order valence-corrected chi connectivity index (χ4v) is 3.07. The maximum Gasteiger partial charge on any atom is 0.264 e. The standard InChI is InChI=1S/C14H13ClFNO2S/c1-17(13-6-4-12(16)5-7-13)20(18,19)14-8-2-11(10-15)3-9-14/h2-9H,10H2,1H3. The van der Waals surface area contributed by atoms with E-state index in [2.05, 4.69) is 0 Å². The van der Waals surface area contributed by atoms with Gasteiger partial charge in [0.15, 0.2) is 0 Å². The number of rotatable bonds is 4. The van der Waals surface area contributed by atoms with Crippen LogP contribution in [0.2, 0.25) is 0 Å². The monoisotopic (exact) mass is 313 g/mol. The van der Waals surface area contributed by atoms with Gasteiger partial charge in [-0.25, -0.2) is 12.8 Å². The molecule has 0 aliphatic rings. The number of sulfonamides is 1. The molecule has 3 nitrogen and oxygen atoms in total. The van der Waals surface area contributed by atoms with E-state index in [4.69, 9.17) is 11.6 Å². The van der Waals surface area contributed by atoms with E-state index in [0.717, 1.165) is 9.87 Å². The highest BCUT2D eigenvalue weighted by molar-refractivity contribution is 7.92. The molecule has 0 aromatic heterocycles. The lowest BCUT2D eigenvalue weighted by Crippen LogP contribution is -2.26. The highest BCUT2D eigenvalue weighted by Gasteiger charge is 2.21. The van der Waals surface area contributed by atoms with Crippen molar-refractivity contribution < 1.29 is 12.8 Å². The lowest BCUT2D eigenvalue weighted by molar-refractivity contribution is 0.594. The molecule has 0 fully saturated rings. The highest BCUT2D eigenvalue weighted by atomic mass is 35.5. The lowest BCUT2D eigenvalue weighted by atomic mass is 10.2. The number of benzene rings is 2. The van der Waals surface area contributed by atoms with Crippen molar-refractivity contribution >= 4 is 27.3 Å². The zero-order valence-electron chi connectivity index (χ0n) is 10.8. The smallest absolute Gasteiger partial charge is 0.264 e. The number of nitrogens with zero attached hydrogens (tertiary/aromatic N) is 1. The van der Waals surface area contributed by atoms with Gasteiger partial charge in [-0.15, -0.1) is 11.6 Å². The molecule has 20 heavy (non-hydrogen) atoms. The van der Waals surface area contributed by atoms with E-state index in [9.17, 15) is 12.8 Å². The quantitative estimate of drug-likeness (QED) is 0.811. The van der Waals surface area contributed by atoms with Gasteiger partial charge in [0.05, 0.1) is 10.6 Å². The summed E-state index contributed by atoms with van der Waals surface area (Å²) in [7, 11) is -2.23. The number of anilines is 1. The van der Waals surface area contributed by atoms with E-state index < -0.39 is 15.8 Å². The molecular formula is C14H13ClFNO2S. The second-order valence-corrected chi connectivity index (χ2v) is 6.46. The van der Waals surface area contributed by atoms with Gasteiger partial charge in [0, 0.05) is 12.9 Å². The van der Waals surface area contributed by atoms with Gasteiger partial charge in [0.1, 0.15) is 5.82 Å². The predicted molar refractivity (Wildman–Crippen MR) is 78.0 cm³/mol. The zero-order valence-corrected chi connectivity index (χ0v) is 12.3. The van der Waals surface area contributed by atoms with Crippen molar-refractivity contribution in [3.63, 3.8) is 0 Å². The Morgan fingerprint density at radius 2 is 1.60 bits per heavy atom. The summed E-state index contributed by atoms with van der Waals surface area (Å²) in [5, 5.41) is 0. The largest absolute Gasteiger partial charge is 0.269 e. The molecule has 0 bridgehead atoms. The van der Waals surface area contributed by atoms with Crippen LogP contribution in [0.25, 0.3) is 0 Å². The third-order valence-corrected chi connectivity index (χ3v) is 5.03. The highest BCUT2D eigenvalue weighted by Crippen LogP contribution is 2.22. The number of halogens is 2. The van der Waals surface area contributed by atoms with Crippen LogP contribution in [0.1, 0.15) is 5.56 Å². The fraction of sp³-hybridized carbons (Fsp3) is 0.143. The van der Waals surface area contributed by atoms with E-state index in [1.54, 1.807) is 12.1 Å². The van der Waals surface area contributed by atoms with Crippen LogP contribution in [-0.4, -0.2) is 15.5 Å². The van der Waals surface area contributed by atoms with Gasteiger partial charge in [0.25, 0.3) is 10.0 Å². The van der Waals surface area contributed by atoms with Gasteiger partial charge < -0.3 is 0 Å². The van der Waals surface area contributed by atoms with Gasteiger partial charge in [-0.1, -0.05) is 12.1 Å². The van der Waals surface area contributed by atoms with Gasteiger partial charge >= 0.3 is 0 Å². The van der Waals surface area contributed by atoms with Crippen LogP contribution in [0.3, 0.4) is 0 Å². The Bertz CT molecular complexity index is 684. The molecule has 0 saturated carbocycles. The first-order valence-electron chi connectivity index (χ1n) is 5.84. The van der Waals surface area contributed by atoms with Crippen molar-refractivity contribution in [3.05, 3.63) is 59.9 Å². The Morgan fingerprint density at radius 1 is 1.05 bits per heavy atom. The molecule has 6 heteroatoms. The SMILES string of the molecule is CN(c1ccc(F)cc1)S(=O)(=O)c1ccc(CCl)cc1. The van der Waals surface area contributed by atoms with Gasteiger partial charge in [-0.3, -0.25) is 4.31 Å². The average Bonchev–Trinajstić information content (AvgIpc) is 2.47. The summed E-state index contributed by atoms with van der Waals surface area (Å²) in [5.74, 6) is -0.0836. The van der Waals surface area contributed by atoms with Gasteiger partial charge in [-0.2, -0.15) is 0 Å².